The number of benzene rings is 1. The van der Waals surface area contributed by atoms with Gasteiger partial charge in [-0.05, 0) is 46.7 Å². The number of ether oxygens (including phenoxy) is 1. The molecule has 1 aliphatic heterocycles. The average molecular weight is 616 g/mol. The zero-order chi connectivity index (χ0) is 23.9. The van der Waals surface area contributed by atoms with Gasteiger partial charge >= 0.3 is 11.9 Å². The smallest absolute Gasteiger partial charge is 0.420 e. The van der Waals surface area contributed by atoms with E-state index < -0.39 is 34.6 Å². The zero-order valence-corrected chi connectivity index (χ0v) is 20.1. The molecule has 0 saturated heterocycles. The molecule has 0 radical (unpaired) electrons. The molecule has 0 aliphatic carbocycles. The molecule has 0 spiro atoms. The summed E-state index contributed by atoms with van der Waals surface area (Å²) in [5, 5.41) is 4.02. The van der Waals surface area contributed by atoms with E-state index in [0.29, 0.717) is 29.6 Å². The van der Waals surface area contributed by atoms with Crippen LogP contribution in [-0.4, -0.2) is 26.1 Å². The molecule has 1 N–H and O–H groups in total. The lowest BCUT2D eigenvalue weighted by molar-refractivity contribution is -0.138. The minimum absolute atomic E-state index is 0.0355. The van der Waals surface area contributed by atoms with Crippen LogP contribution in [-0.2, 0) is 19.1 Å². The summed E-state index contributed by atoms with van der Waals surface area (Å²) in [7, 11) is 0. The Kier molecular flexibility index (Phi) is 6.65. The number of H-pyrrole nitrogens is 1. The molecule has 0 saturated carbocycles. The number of anilines is 1. The molecule has 33 heavy (non-hydrogen) atoms. The Morgan fingerprint density at radius 2 is 2.03 bits per heavy atom. The number of alkyl halides is 3. The number of hydrogen-bond acceptors (Lipinski definition) is 6. The standard InChI is InChI=1S/C18H12ClF4IN5O3P/c19-14-12(6-25-29(33-24)16(14)30)28-4-3-9-11(7-28)26-17(31)27-15(9)32-13-2-1-8(20)5-10(13)18(21,22)23/h1-2,5-6,33H,3-4,7H2,(H,26,27,31). The Morgan fingerprint density at radius 1 is 1.27 bits per heavy atom. The molecule has 1 aromatic carbocycles. The van der Waals surface area contributed by atoms with E-state index in [1.807, 2.05) is 22.0 Å². The molecule has 1 aliphatic rings. The van der Waals surface area contributed by atoms with Gasteiger partial charge in [0.25, 0.3) is 5.56 Å². The van der Waals surface area contributed by atoms with Crippen molar-refractivity contribution in [2.75, 3.05) is 11.4 Å². The zero-order valence-electron chi connectivity index (χ0n) is 16.2. The fourth-order valence-electron chi connectivity index (χ4n) is 3.34. The summed E-state index contributed by atoms with van der Waals surface area (Å²) >= 11 is 8.21. The van der Waals surface area contributed by atoms with E-state index in [4.69, 9.17) is 16.3 Å². The Morgan fingerprint density at radius 3 is 2.73 bits per heavy atom. The molecule has 4 rings (SSSR count). The Balaban J connectivity index is 1.70. The van der Waals surface area contributed by atoms with Gasteiger partial charge in [0.2, 0.25) is 5.88 Å². The minimum Gasteiger partial charge on any atom is -0.438 e. The van der Waals surface area contributed by atoms with Crippen LogP contribution >= 0.6 is 40.0 Å². The Bertz CT molecular complexity index is 1350. The fraction of sp³-hybridized carbons (Fsp3) is 0.222. The Hall–Kier alpha value is -2.25. The lowest BCUT2D eigenvalue weighted by Gasteiger charge is -2.31. The van der Waals surface area contributed by atoms with Crippen molar-refractivity contribution in [1.82, 2.24) is 19.5 Å². The van der Waals surface area contributed by atoms with Gasteiger partial charge in [0.15, 0.2) is 0 Å². The van der Waals surface area contributed by atoms with E-state index in [2.05, 4.69) is 15.1 Å². The number of nitrogens with zero attached hydrogens (tertiary/aromatic N) is 4. The normalized spacial score (nSPS) is 14.1. The largest absolute Gasteiger partial charge is 0.438 e. The van der Waals surface area contributed by atoms with Gasteiger partial charge in [-0.25, -0.2) is 13.6 Å². The second-order valence-electron chi connectivity index (χ2n) is 6.86. The minimum atomic E-state index is -4.88. The van der Waals surface area contributed by atoms with Crippen molar-refractivity contribution in [3.8, 4) is 11.6 Å². The highest BCUT2D eigenvalue weighted by Crippen LogP contribution is 2.39. The van der Waals surface area contributed by atoms with Crippen molar-refractivity contribution < 1.29 is 22.3 Å². The third kappa shape index (κ3) is 4.85. The number of halogens is 6. The number of rotatable bonds is 4. The van der Waals surface area contributed by atoms with E-state index in [1.165, 1.54) is 10.6 Å². The topological polar surface area (TPSA) is 93.1 Å². The van der Waals surface area contributed by atoms with E-state index in [1.54, 1.807) is 4.90 Å². The number of fused-ring (bicyclic) bond motifs is 1. The van der Waals surface area contributed by atoms with Crippen LogP contribution in [0.2, 0.25) is 5.02 Å². The lowest BCUT2D eigenvalue weighted by atomic mass is 10.1. The van der Waals surface area contributed by atoms with Crippen LogP contribution in [0.1, 0.15) is 16.8 Å². The molecular formula is C18H12ClF4IN5O3P. The highest BCUT2D eigenvalue weighted by Gasteiger charge is 2.36. The second-order valence-corrected chi connectivity index (χ2v) is 9.28. The van der Waals surface area contributed by atoms with Gasteiger partial charge in [-0.2, -0.15) is 23.3 Å². The van der Waals surface area contributed by atoms with Crippen LogP contribution in [0.3, 0.4) is 0 Å². The van der Waals surface area contributed by atoms with Crippen LogP contribution in [0.5, 0.6) is 11.6 Å². The number of nitrogens with one attached hydrogen (secondary N) is 1. The highest BCUT2D eigenvalue weighted by atomic mass is 127. The molecule has 0 amide bonds. The third-order valence-corrected chi connectivity index (χ3v) is 7.04. The highest BCUT2D eigenvalue weighted by molar-refractivity contribution is 14.2. The number of aromatic nitrogens is 4. The van der Waals surface area contributed by atoms with E-state index in [-0.39, 0.29) is 30.2 Å². The summed E-state index contributed by atoms with van der Waals surface area (Å²) in [6.07, 6.45) is -3.17. The SMILES string of the molecule is O=c1nc(Oc2ccc(F)cc2C(F)(F)F)c2c([nH]1)CN(c1cnn(PI)c(=O)c1Cl)CC2. The van der Waals surface area contributed by atoms with E-state index in [0.717, 1.165) is 12.1 Å². The fourth-order valence-corrected chi connectivity index (χ4v) is 4.98. The first-order valence-corrected chi connectivity index (χ1v) is 13.6. The summed E-state index contributed by atoms with van der Waals surface area (Å²) in [6.45, 7) is 0.375. The lowest BCUT2D eigenvalue weighted by Crippen LogP contribution is -2.35. The van der Waals surface area contributed by atoms with Crippen molar-refractivity contribution in [1.29, 1.82) is 0 Å². The van der Waals surface area contributed by atoms with Crippen molar-refractivity contribution >= 4 is 45.7 Å². The Labute approximate surface area is 202 Å². The molecule has 1 unspecified atom stereocenters. The summed E-state index contributed by atoms with van der Waals surface area (Å²) in [5.41, 5.74) is -1.55. The summed E-state index contributed by atoms with van der Waals surface area (Å²) in [4.78, 5) is 32.3. The van der Waals surface area contributed by atoms with Gasteiger partial charge in [-0.1, -0.05) is 11.6 Å². The first-order chi connectivity index (χ1) is 15.6. The van der Waals surface area contributed by atoms with Crippen molar-refractivity contribution in [3.05, 3.63) is 72.9 Å². The molecule has 3 aromatic rings. The van der Waals surface area contributed by atoms with Gasteiger partial charge in [-0.15, -0.1) is 0 Å². The summed E-state index contributed by atoms with van der Waals surface area (Å²) in [5.74, 6) is -2.07. The van der Waals surface area contributed by atoms with Gasteiger partial charge in [0.1, 0.15) is 22.2 Å². The predicted octanol–water partition coefficient (Wildman–Crippen LogP) is 4.28. The second kappa shape index (κ2) is 9.18. The molecule has 1 atom stereocenters. The first-order valence-electron chi connectivity index (χ1n) is 9.14. The molecule has 2 aromatic heterocycles. The van der Waals surface area contributed by atoms with Gasteiger partial charge in [-0.3, -0.25) is 4.79 Å². The van der Waals surface area contributed by atoms with Crippen molar-refractivity contribution in [3.63, 3.8) is 0 Å². The first kappa shape index (κ1) is 23.9. The van der Waals surface area contributed by atoms with Gasteiger partial charge in [0, 0.05) is 17.8 Å². The van der Waals surface area contributed by atoms with Crippen LogP contribution in [0.4, 0.5) is 23.2 Å². The van der Waals surface area contributed by atoms with Crippen molar-refractivity contribution in [2.24, 2.45) is 0 Å². The monoisotopic (exact) mass is 615 g/mol. The molecule has 0 fully saturated rings. The molecule has 3 heterocycles. The summed E-state index contributed by atoms with van der Waals surface area (Å²) < 4.78 is 59.9. The number of aromatic amines is 1. The quantitative estimate of drug-likeness (QED) is 0.268. The molecule has 8 nitrogen and oxygen atoms in total. The molecule has 174 valence electrons. The third-order valence-electron chi connectivity index (χ3n) is 4.84. The maximum Gasteiger partial charge on any atom is 0.420 e. The molecule has 0 bridgehead atoms. The summed E-state index contributed by atoms with van der Waals surface area (Å²) in [6, 6.07) is 1.96. The molecule has 15 heteroatoms. The van der Waals surface area contributed by atoms with Gasteiger partial charge in [0.05, 0.1) is 24.8 Å². The van der Waals surface area contributed by atoms with Crippen molar-refractivity contribution in [2.45, 2.75) is 19.1 Å². The van der Waals surface area contributed by atoms with Crippen LogP contribution in [0.25, 0.3) is 0 Å². The van der Waals surface area contributed by atoms with Crippen LogP contribution in [0.15, 0.2) is 34.0 Å². The van der Waals surface area contributed by atoms with Gasteiger partial charge < -0.3 is 14.6 Å². The maximum absolute atomic E-state index is 13.4. The van der Waals surface area contributed by atoms with E-state index >= 15 is 0 Å². The van der Waals surface area contributed by atoms with Crippen LogP contribution in [0, 0.1) is 5.82 Å². The van der Waals surface area contributed by atoms with E-state index in [9.17, 15) is 27.2 Å². The average Bonchev–Trinajstić information content (AvgIpc) is 2.75. The maximum atomic E-state index is 13.4. The molecular weight excluding hydrogens is 604 g/mol. The number of hydrogen-bond donors (Lipinski definition) is 1. The predicted molar refractivity (Wildman–Crippen MR) is 122 cm³/mol. The van der Waals surface area contributed by atoms with Crippen LogP contribution < -0.4 is 20.9 Å².